The molecule has 0 saturated heterocycles. The molecule has 1 aromatic carbocycles. The summed E-state index contributed by atoms with van der Waals surface area (Å²) < 4.78 is 12.0. The number of rotatable bonds is 9. The van der Waals surface area contributed by atoms with E-state index in [1.54, 1.807) is 7.11 Å². The second kappa shape index (κ2) is 9.34. The maximum Gasteiger partial charge on any atom is 0.123 e. The molecule has 0 amide bonds. The van der Waals surface area contributed by atoms with Gasteiger partial charge in [0.15, 0.2) is 0 Å². The molecule has 0 spiro atoms. The summed E-state index contributed by atoms with van der Waals surface area (Å²) in [6.07, 6.45) is 0. The van der Waals surface area contributed by atoms with Crippen LogP contribution in [-0.2, 0) is 4.74 Å². The van der Waals surface area contributed by atoms with E-state index in [1.165, 1.54) is 0 Å². The summed E-state index contributed by atoms with van der Waals surface area (Å²) >= 11 is 3.52. The molecule has 1 atom stereocenters. The van der Waals surface area contributed by atoms with Crippen molar-refractivity contribution in [1.29, 1.82) is 0 Å². The van der Waals surface area contributed by atoms with E-state index in [0.29, 0.717) is 6.54 Å². The van der Waals surface area contributed by atoms with Crippen LogP contribution in [0.2, 0.25) is 0 Å². The van der Waals surface area contributed by atoms with Crippen LogP contribution in [0.3, 0.4) is 0 Å². The molecule has 114 valence electrons. The quantitative estimate of drug-likeness (QED) is 0.699. The first-order valence-corrected chi connectivity index (χ1v) is 7.82. The number of nitrogens with zero attached hydrogens (tertiary/aromatic N) is 1. The number of benzene rings is 1. The van der Waals surface area contributed by atoms with Gasteiger partial charge in [-0.3, -0.25) is 4.90 Å². The molecule has 1 rings (SSSR count). The van der Waals surface area contributed by atoms with Crippen molar-refractivity contribution in [2.75, 3.05) is 40.0 Å². The Balaban J connectivity index is 2.94. The fourth-order valence-corrected chi connectivity index (χ4v) is 2.68. The average Bonchev–Trinajstić information content (AvgIpc) is 2.46. The van der Waals surface area contributed by atoms with Gasteiger partial charge < -0.3 is 15.2 Å². The third-order valence-electron chi connectivity index (χ3n) is 3.35. The van der Waals surface area contributed by atoms with Gasteiger partial charge in [-0.25, -0.2) is 0 Å². The van der Waals surface area contributed by atoms with Gasteiger partial charge >= 0.3 is 0 Å². The maximum absolute atomic E-state index is 6.01. The molecule has 0 heterocycles. The molecule has 0 aromatic heterocycles. The van der Waals surface area contributed by atoms with Crippen molar-refractivity contribution in [1.82, 2.24) is 4.90 Å². The predicted octanol–water partition coefficient (Wildman–Crippen LogP) is 2.82. The lowest BCUT2D eigenvalue weighted by Gasteiger charge is -2.31. The van der Waals surface area contributed by atoms with E-state index in [0.717, 1.165) is 42.1 Å². The molecule has 1 unspecified atom stereocenters. The van der Waals surface area contributed by atoms with Gasteiger partial charge in [0.25, 0.3) is 0 Å². The van der Waals surface area contributed by atoms with E-state index in [-0.39, 0.29) is 6.04 Å². The average molecular weight is 345 g/mol. The van der Waals surface area contributed by atoms with Crippen molar-refractivity contribution in [2.45, 2.75) is 19.9 Å². The first-order chi connectivity index (χ1) is 9.67. The molecule has 1 aromatic rings. The lowest BCUT2D eigenvalue weighted by Crippen LogP contribution is -2.36. The predicted molar refractivity (Wildman–Crippen MR) is 86.2 cm³/mol. The Labute approximate surface area is 130 Å². The number of methoxy groups -OCH3 is 1. The van der Waals surface area contributed by atoms with Gasteiger partial charge in [-0.2, -0.15) is 0 Å². The highest BCUT2D eigenvalue weighted by atomic mass is 79.9. The minimum absolute atomic E-state index is 0.132. The van der Waals surface area contributed by atoms with Gasteiger partial charge in [-0.1, -0.05) is 22.9 Å². The van der Waals surface area contributed by atoms with Crippen molar-refractivity contribution in [3.8, 4) is 5.75 Å². The molecule has 0 fully saturated rings. The zero-order valence-electron chi connectivity index (χ0n) is 12.6. The monoisotopic (exact) mass is 344 g/mol. The maximum atomic E-state index is 6.01. The van der Waals surface area contributed by atoms with Crippen LogP contribution in [0.5, 0.6) is 5.75 Å². The minimum atomic E-state index is 0.132. The van der Waals surface area contributed by atoms with E-state index in [4.69, 9.17) is 15.2 Å². The molecular weight excluding hydrogens is 320 g/mol. The third kappa shape index (κ3) is 4.74. The zero-order chi connectivity index (χ0) is 15.0. The first-order valence-electron chi connectivity index (χ1n) is 7.03. The summed E-state index contributed by atoms with van der Waals surface area (Å²) in [5, 5.41) is 0. The van der Waals surface area contributed by atoms with Crippen molar-refractivity contribution in [3.63, 3.8) is 0 Å². The molecular formula is C15H25BrN2O2. The Morgan fingerprint density at radius 2 is 2.10 bits per heavy atom. The number of nitrogens with two attached hydrogens (primary N) is 1. The molecule has 20 heavy (non-hydrogen) atoms. The SMILES string of the molecule is CCOCCN(CC)C(CN)c1cc(Br)ccc1OC. The molecule has 0 aliphatic heterocycles. The van der Waals surface area contributed by atoms with Crippen molar-refractivity contribution >= 4 is 15.9 Å². The van der Waals surface area contributed by atoms with E-state index >= 15 is 0 Å². The van der Waals surface area contributed by atoms with Gasteiger partial charge in [-0.15, -0.1) is 0 Å². The highest BCUT2D eigenvalue weighted by Crippen LogP contribution is 2.31. The summed E-state index contributed by atoms with van der Waals surface area (Å²) in [4.78, 5) is 2.32. The van der Waals surface area contributed by atoms with Crippen LogP contribution in [-0.4, -0.2) is 44.9 Å². The van der Waals surface area contributed by atoms with Crippen molar-refractivity contribution in [2.24, 2.45) is 5.73 Å². The Hall–Kier alpha value is -0.620. The second-order valence-corrected chi connectivity index (χ2v) is 5.38. The normalized spacial score (nSPS) is 12.7. The number of ether oxygens (including phenoxy) is 2. The smallest absolute Gasteiger partial charge is 0.123 e. The van der Waals surface area contributed by atoms with Gasteiger partial charge in [0.05, 0.1) is 19.8 Å². The Morgan fingerprint density at radius 3 is 2.65 bits per heavy atom. The van der Waals surface area contributed by atoms with E-state index < -0.39 is 0 Å². The highest BCUT2D eigenvalue weighted by Gasteiger charge is 2.21. The largest absolute Gasteiger partial charge is 0.496 e. The minimum Gasteiger partial charge on any atom is -0.496 e. The van der Waals surface area contributed by atoms with Crippen LogP contribution < -0.4 is 10.5 Å². The van der Waals surface area contributed by atoms with Crippen LogP contribution >= 0.6 is 15.9 Å². The zero-order valence-corrected chi connectivity index (χ0v) is 14.1. The van der Waals surface area contributed by atoms with Crippen molar-refractivity contribution in [3.05, 3.63) is 28.2 Å². The molecule has 0 radical (unpaired) electrons. The lowest BCUT2D eigenvalue weighted by atomic mass is 10.0. The van der Waals surface area contributed by atoms with E-state index in [2.05, 4.69) is 33.8 Å². The number of hydrogen-bond donors (Lipinski definition) is 1. The van der Waals surface area contributed by atoms with Crippen LogP contribution in [0.15, 0.2) is 22.7 Å². The first kappa shape index (κ1) is 17.4. The Morgan fingerprint density at radius 1 is 1.35 bits per heavy atom. The van der Waals surface area contributed by atoms with E-state index in [1.807, 2.05) is 19.1 Å². The topological polar surface area (TPSA) is 47.7 Å². The molecule has 4 nitrogen and oxygen atoms in total. The van der Waals surface area contributed by atoms with Crippen molar-refractivity contribution < 1.29 is 9.47 Å². The fourth-order valence-electron chi connectivity index (χ4n) is 2.30. The van der Waals surface area contributed by atoms with Gasteiger partial charge in [0.1, 0.15) is 5.75 Å². The summed E-state index contributed by atoms with van der Waals surface area (Å²) in [6, 6.07) is 6.16. The second-order valence-electron chi connectivity index (χ2n) is 4.46. The summed E-state index contributed by atoms with van der Waals surface area (Å²) in [6.45, 7) is 7.94. The van der Waals surface area contributed by atoms with Gasteiger partial charge in [0, 0.05) is 29.7 Å². The summed E-state index contributed by atoms with van der Waals surface area (Å²) in [5.41, 5.74) is 7.12. The number of hydrogen-bond acceptors (Lipinski definition) is 4. The lowest BCUT2D eigenvalue weighted by molar-refractivity contribution is 0.0974. The molecule has 0 bridgehead atoms. The number of halogens is 1. The molecule has 2 N–H and O–H groups in total. The Bertz CT molecular complexity index is 401. The summed E-state index contributed by atoms with van der Waals surface area (Å²) in [5.74, 6) is 0.874. The van der Waals surface area contributed by atoms with E-state index in [9.17, 15) is 0 Å². The number of likely N-dealkylation sites (N-methyl/N-ethyl adjacent to an activating group) is 1. The standard InChI is InChI=1S/C15H25BrN2O2/c1-4-18(8-9-20-5-2)14(11-17)13-10-12(16)6-7-15(13)19-3/h6-7,10,14H,4-5,8-9,11,17H2,1-3H3. The summed E-state index contributed by atoms with van der Waals surface area (Å²) in [7, 11) is 1.69. The third-order valence-corrected chi connectivity index (χ3v) is 3.84. The van der Waals surface area contributed by atoms with Crippen LogP contribution in [0.1, 0.15) is 25.5 Å². The molecule has 0 aliphatic rings. The molecule has 0 saturated carbocycles. The van der Waals surface area contributed by atoms with Gasteiger partial charge in [-0.05, 0) is 31.7 Å². The van der Waals surface area contributed by atoms with Crippen LogP contribution in [0, 0.1) is 0 Å². The fraction of sp³-hybridized carbons (Fsp3) is 0.600. The van der Waals surface area contributed by atoms with Crippen LogP contribution in [0.25, 0.3) is 0 Å². The Kier molecular flexibility index (Phi) is 8.14. The molecule has 0 aliphatic carbocycles. The van der Waals surface area contributed by atoms with Gasteiger partial charge in [0.2, 0.25) is 0 Å². The molecule has 5 heteroatoms. The highest BCUT2D eigenvalue weighted by molar-refractivity contribution is 9.10. The van der Waals surface area contributed by atoms with Crippen LogP contribution in [0.4, 0.5) is 0 Å².